The molecule has 0 aromatic carbocycles. The van der Waals surface area contributed by atoms with E-state index in [2.05, 4.69) is 22.6 Å². The van der Waals surface area contributed by atoms with Gasteiger partial charge in [0.05, 0.1) is 12.5 Å². The monoisotopic (exact) mass is 188 g/mol. The zero-order valence-corrected chi connectivity index (χ0v) is 7.77. The number of ether oxygens (including phenoxy) is 2. The summed E-state index contributed by atoms with van der Waals surface area (Å²) in [6.07, 6.45) is 1.93. The molecule has 0 aliphatic rings. The van der Waals surface area contributed by atoms with Crippen molar-refractivity contribution in [3.05, 3.63) is 25.7 Å². The van der Waals surface area contributed by atoms with Gasteiger partial charge in [-0.15, -0.1) is 0 Å². The van der Waals surface area contributed by atoms with Gasteiger partial charge in [-0.05, 0) is 6.42 Å². The Bertz CT molecular complexity index is 157. The second-order valence-electron chi connectivity index (χ2n) is 2.50. The minimum atomic E-state index is -2.07. The van der Waals surface area contributed by atoms with Crippen LogP contribution in [-0.2, 0) is 9.47 Å². The van der Waals surface area contributed by atoms with E-state index in [1.165, 1.54) is 0 Å². The summed E-state index contributed by atoms with van der Waals surface area (Å²) in [5.41, 5.74) is 0. The topological polar surface area (TPSA) is 58.9 Å². The van der Waals surface area contributed by atoms with Crippen LogP contribution in [0.25, 0.3) is 0 Å². The van der Waals surface area contributed by atoms with Crippen molar-refractivity contribution < 1.29 is 19.7 Å². The smallest absolute Gasteiger partial charge is 0.395 e. The average molecular weight is 188 g/mol. The first kappa shape index (κ1) is 12.0. The summed E-state index contributed by atoms with van der Waals surface area (Å²) in [6, 6.07) is 0. The Labute approximate surface area is 78.1 Å². The van der Waals surface area contributed by atoms with E-state index in [1.54, 1.807) is 0 Å². The molecule has 0 amide bonds. The van der Waals surface area contributed by atoms with E-state index in [9.17, 15) is 10.2 Å². The molecule has 0 aromatic heterocycles. The number of hydrogen-bond acceptors (Lipinski definition) is 4. The molecule has 4 heteroatoms. The highest BCUT2D eigenvalue weighted by Crippen LogP contribution is 2.19. The first-order valence-electron chi connectivity index (χ1n) is 4.08. The molecule has 1 atom stereocenters. The normalized spacial score (nSPS) is 13.2. The lowest BCUT2D eigenvalue weighted by Crippen LogP contribution is -2.45. The minimum Gasteiger partial charge on any atom is -0.437 e. The van der Waals surface area contributed by atoms with Gasteiger partial charge in [-0.2, -0.15) is 0 Å². The molecule has 76 valence electrons. The summed E-state index contributed by atoms with van der Waals surface area (Å²) in [5.74, 6) is -2.07. The Morgan fingerprint density at radius 2 is 1.85 bits per heavy atom. The molecule has 0 radical (unpaired) electrons. The molecule has 0 aliphatic carbocycles. The van der Waals surface area contributed by atoms with Crippen LogP contribution in [0.1, 0.15) is 19.8 Å². The van der Waals surface area contributed by atoms with Crippen molar-refractivity contribution in [2.75, 3.05) is 0 Å². The maximum atomic E-state index is 9.57. The Balaban J connectivity index is 4.34. The highest BCUT2D eigenvalue weighted by Gasteiger charge is 2.38. The van der Waals surface area contributed by atoms with Gasteiger partial charge in [-0.1, -0.05) is 26.5 Å². The largest absolute Gasteiger partial charge is 0.437 e. The number of hydrogen-bond donors (Lipinski definition) is 2. The van der Waals surface area contributed by atoms with E-state index < -0.39 is 12.1 Å². The maximum absolute atomic E-state index is 9.57. The van der Waals surface area contributed by atoms with Gasteiger partial charge in [0.25, 0.3) is 0 Å². The fourth-order valence-corrected chi connectivity index (χ4v) is 0.880. The third kappa shape index (κ3) is 3.48. The molecule has 2 N–H and O–H groups in total. The van der Waals surface area contributed by atoms with Crippen LogP contribution in [-0.4, -0.2) is 22.3 Å². The summed E-state index contributed by atoms with van der Waals surface area (Å²) in [4.78, 5) is 0. The van der Waals surface area contributed by atoms with Gasteiger partial charge in [0, 0.05) is 0 Å². The first-order chi connectivity index (χ1) is 6.10. The molecule has 1 unspecified atom stereocenters. The van der Waals surface area contributed by atoms with Crippen molar-refractivity contribution in [2.24, 2.45) is 0 Å². The zero-order chi connectivity index (χ0) is 10.3. The highest BCUT2D eigenvalue weighted by molar-refractivity contribution is 4.73. The molecule has 0 aromatic rings. The van der Waals surface area contributed by atoms with Crippen LogP contribution in [0.4, 0.5) is 0 Å². The zero-order valence-electron chi connectivity index (χ0n) is 7.77. The molecule has 0 bridgehead atoms. The lowest BCUT2D eigenvalue weighted by Gasteiger charge is -2.29. The first-order valence-corrected chi connectivity index (χ1v) is 4.08. The van der Waals surface area contributed by atoms with E-state index in [4.69, 9.17) is 0 Å². The van der Waals surface area contributed by atoms with E-state index in [0.717, 1.165) is 12.5 Å². The van der Waals surface area contributed by atoms with Gasteiger partial charge in [-0.3, -0.25) is 0 Å². The Hall–Kier alpha value is -1.00. The van der Waals surface area contributed by atoms with Crippen molar-refractivity contribution in [3.8, 4) is 0 Å². The lowest BCUT2D eigenvalue weighted by atomic mass is 10.2. The highest BCUT2D eigenvalue weighted by atomic mass is 16.8. The van der Waals surface area contributed by atoms with Crippen LogP contribution in [0, 0.1) is 0 Å². The molecule has 0 aliphatic heterocycles. The summed E-state index contributed by atoms with van der Waals surface area (Å²) in [5, 5.41) is 19.0. The van der Waals surface area contributed by atoms with Crippen molar-refractivity contribution in [1.29, 1.82) is 0 Å². The Morgan fingerprint density at radius 1 is 1.38 bits per heavy atom. The van der Waals surface area contributed by atoms with E-state index in [1.807, 2.05) is 6.92 Å². The van der Waals surface area contributed by atoms with E-state index in [0.29, 0.717) is 12.8 Å². The van der Waals surface area contributed by atoms with Crippen LogP contribution in [0.2, 0.25) is 0 Å². The van der Waals surface area contributed by atoms with Gasteiger partial charge < -0.3 is 19.7 Å². The summed E-state index contributed by atoms with van der Waals surface area (Å²) in [7, 11) is 0. The summed E-state index contributed by atoms with van der Waals surface area (Å²) in [6.45, 7) is 8.39. The molecule has 0 heterocycles. The fraction of sp³-hybridized carbons (Fsp3) is 0.556. The summed E-state index contributed by atoms with van der Waals surface area (Å²) >= 11 is 0. The molecule has 13 heavy (non-hydrogen) atoms. The van der Waals surface area contributed by atoms with Crippen LogP contribution in [0.15, 0.2) is 25.7 Å². The molecular weight excluding hydrogens is 172 g/mol. The molecule has 0 fully saturated rings. The van der Waals surface area contributed by atoms with Gasteiger partial charge in [0.1, 0.15) is 0 Å². The van der Waals surface area contributed by atoms with Gasteiger partial charge in [0.2, 0.25) is 0 Å². The minimum absolute atomic E-state index is 0.359. The van der Waals surface area contributed by atoms with Gasteiger partial charge in [-0.25, -0.2) is 0 Å². The molecular formula is C9H16O4. The standard InChI is InChI=1S/C9H16O4/c1-4-7-8(10)9(11,12-5-2)13-6-3/h5-6,8,10-11H,2-4,7H2,1H3. The Morgan fingerprint density at radius 3 is 2.15 bits per heavy atom. The summed E-state index contributed by atoms with van der Waals surface area (Å²) < 4.78 is 9.32. The van der Waals surface area contributed by atoms with E-state index >= 15 is 0 Å². The quantitative estimate of drug-likeness (QED) is 0.464. The molecule has 0 saturated carbocycles. The number of aliphatic hydroxyl groups is 2. The van der Waals surface area contributed by atoms with Crippen LogP contribution >= 0.6 is 0 Å². The van der Waals surface area contributed by atoms with Crippen molar-refractivity contribution in [1.82, 2.24) is 0 Å². The van der Waals surface area contributed by atoms with Crippen LogP contribution in [0.5, 0.6) is 0 Å². The Kier molecular flexibility index (Phi) is 5.18. The van der Waals surface area contributed by atoms with Crippen molar-refractivity contribution in [3.63, 3.8) is 0 Å². The van der Waals surface area contributed by atoms with E-state index in [-0.39, 0.29) is 0 Å². The molecule has 0 saturated heterocycles. The average Bonchev–Trinajstić information content (AvgIpc) is 2.05. The third-order valence-corrected chi connectivity index (χ3v) is 1.49. The molecule has 0 rings (SSSR count). The number of aliphatic hydroxyl groups excluding tert-OH is 1. The third-order valence-electron chi connectivity index (χ3n) is 1.49. The number of rotatable bonds is 7. The lowest BCUT2D eigenvalue weighted by molar-refractivity contribution is -0.357. The predicted octanol–water partition coefficient (Wildman–Crippen LogP) is 1.11. The fourth-order valence-electron chi connectivity index (χ4n) is 0.880. The second kappa shape index (κ2) is 5.61. The van der Waals surface area contributed by atoms with Crippen molar-refractivity contribution in [2.45, 2.75) is 31.8 Å². The molecule has 0 spiro atoms. The maximum Gasteiger partial charge on any atom is 0.395 e. The SMILES string of the molecule is C=COC(O)(OC=C)C(O)CCC. The van der Waals surface area contributed by atoms with Crippen LogP contribution in [0.3, 0.4) is 0 Å². The van der Waals surface area contributed by atoms with Crippen molar-refractivity contribution >= 4 is 0 Å². The van der Waals surface area contributed by atoms with Gasteiger partial charge in [0.15, 0.2) is 6.10 Å². The molecule has 4 nitrogen and oxygen atoms in total. The van der Waals surface area contributed by atoms with Crippen LogP contribution < -0.4 is 0 Å². The predicted molar refractivity (Wildman–Crippen MR) is 48.4 cm³/mol. The second-order valence-corrected chi connectivity index (χ2v) is 2.50. The van der Waals surface area contributed by atoms with Gasteiger partial charge >= 0.3 is 5.97 Å².